The minimum absolute atomic E-state index is 0.0110. The van der Waals surface area contributed by atoms with E-state index in [0.717, 1.165) is 44.1 Å². The second kappa shape index (κ2) is 6.69. The minimum atomic E-state index is -0.747. The molecule has 1 aliphatic carbocycles. The van der Waals surface area contributed by atoms with Gasteiger partial charge < -0.3 is 4.74 Å². The van der Waals surface area contributed by atoms with Gasteiger partial charge in [0.15, 0.2) is 5.78 Å². The van der Waals surface area contributed by atoms with Gasteiger partial charge in [0, 0.05) is 12.3 Å². The molecule has 1 aliphatic heterocycles. The van der Waals surface area contributed by atoms with E-state index in [-0.39, 0.29) is 17.7 Å². The van der Waals surface area contributed by atoms with Gasteiger partial charge in [0.1, 0.15) is 11.5 Å². The van der Waals surface area contributed by atoms with Crippen molar-refractivity contribution in [3.8, 4) is 0 Å². The maximum atomic E-state index is 12.8. The van der Waals surface area contributed by atoms with Crippen molar-refractivity contribution >= 4 is 11.8 Å². The van der Waals surface area contributed by atoms with E-state index in [1.165, 1.54) is 0 Å². The summed E-state index contributed by atoms with van der Waals surface area (Å²) in [5.74, 6) is -1.41. The first-order chi connectivity index (χ1) is 11.2. The van der Waals surface area contributed by atoms with Crippen LogP contribution in [0.25, 0.3) is 0 Å². The summed E-state index contributed by atoms with van der Waals surface area (Å²) in [4.78, 5) is 25.5. The van der Waals surface area contributed by atoms with Crippen LogP contribution in [-0.2, 0) is 14.3 Å². The third kappa shape index (κ3) is 3.24. The molecule has 0 bridgehead atoms. The molecule has 0 aromatic heterocycles. The quantitative estimate of drug-likeness (QED) is 0.478. The fourth-order valence-corrected chi connectivity index (χ4v) is 4.01. The summed E-state index contributed by atoms with van der Waals surface area (Å²) >= 11 is 0. The Kier molecular flexibility index (Phi) is 4.65. The zero-order valence-electron chi connectivity index (χ0n) is 13.5. The van der Waals surface area contributed by atoms with Crippen molar-refractivity contribution in [2.24, 2.45) is 5.92 Å². The summed E-state index contributed by atoms with van der Waals surface area (Å²) in [6.07, 6.45) is 8.10. The van der Waals surface area contributed by atoms with Gasteiger partial charge in [-0.05, 0) is 31.2 Å². The van der Waals surface area contributed by atoms with Crippen LogP contribution >= 0.6 is 0 Å². The van der Waals surface area contributed by atoms with E-state index >= 15 is 0 Å². The summed E-state index contributed by atoms with van der Waals surface area (Å²) in [5.41, 5.74) is 0.401. The van der Waals surface area contributed by atoms with Crippen LogP contribution in [-0.4, -0.2) is 17.4 Å². The van der Waals surface area contributed by atoms with E-state index in [4.69, 9.17) is 4.74 Å². The molecule has 1 spiro atoms. The summed E-state index contributed by atoms with van der Waals surface area (Å²) in [5, 5.41) is 0. The molecule has 0 amide bonds. The molecule has 2 aliphatic rings. The first kappa shape index (κ1) is 16.0. The molecule has 2 unspecified atom stereocenters. The van der Waals surface area contributed by atoms with Gasteiger partial charge in [0.05, 0.1) is 0 Å². The van der Waals surface area contributed by atoms with Gasteiger partial charge in [-0.15, -0.1) is 6.58 Å². The SMILES string of the molecule is C=CC(c1ccccc1)C1C(=O)CC2(CCCCCC2)OC1=O. The Balaban J connectivity index is 1.83. The number of hydrogen-bond donors (Lipinski definition) is 0. The van der Waals surface area contributed by atoms with E-state index in [1.54, 1.807) is 6.08 Å². The summed E-state index contributed by atoms with van der Waals surface area (Å²) in [7, 11) is 0. The lowest BCUT2D eigenvalue weighted by Crippen LogP contribution is -2.48. The van der Waals surface area contributed by atoms with Gasteiger partial charge >= 0.3 is 5.97 Å². The highest BCUT2D eigenvalue weighted by atomic mass is 16.6. The third-order valence-corrected chi connectivity index (χ3v) is 5.23. The van der Waals surface area contributed by atoms with Crippen LogP contribution < -0.4 is 0 Å². The molecule has 3 heteroatoms. The number of carbonyl (C=O) groups excluding carboxylic acids is 2. The van der Waals surface area contributed by atoms with Gasteiger partial charge in [0.25, 0.3) is 0 Å². The molecule has 122 valence electrons. The van der Waals surface area contributed by atoms with Gasteiger partial charge in [-0.3, -0.25) is 9.59 Å². The molecule has 1 aromatic rings. The zero-order chi connectivity index (χ0) is 16.3. The molecule has 0 N–H and O–H groups in total. The number of rotatable bonds is 3. The lowest BCUT2D eigenvalue weighted by atomic mass is 9.75. The molecule has 0 radical (unpaired) electrons. The van der Waals surface area contributed by atoms with Crippen LogP contribution in [0.4, 0.5) is 0 Å². The van der Waals surface area contributed by atoms with Crippen LogP contribution in [0.3, 0.4) is 0 Å². The second-order valence-electron chi connectivity index (χ2n) is 6.81. The second-order valence-corrected chi connectivity index (χ2v) is 6.81. The maximum Gasteiger partial charge on any atom is 0.317 e. The lowest BCUT2D eigenvalue weighted by Gasteiger charge is -2.39. The van der Waals surface area contributed by atoms with E-state index in [2.05, 4.69) is 6.58 Å². The number of ether oxygens (including phenoxy) is 1. The summed E-state index contributed by atoms with van der Waals surface area (Å²) in [6, 6.07) is 9.62. The van der Waals surface area contributed by atoms with Gasteiger partial charge in [-0.2, -0.15) is 0 Å². The molecule has 3 nitrogen and oxygen atoms in total. The fraction of sp³-hybridized carbons (Fsp3) is 0.500. The van der Waals surface area contributed by atoms with E-state index < -0.39 is 11.5 Å². The van der Waals surface area contributed by atoms with Gasteiger partial charge in [-0.1, -0.05) is 49.2 Å². The molecule has 2 atom stereocenters. The molecule has 2 fully saturated rings. The number of benzene rings is 1. The summed E-state index contributed by atoms with van der Waals surface area (Å²) < 4.78 is 5.87. The van der Waals surface area contributed by atoms with Crippen LogP contribution in [0.5, 0.6) is 0 Å². The van der Waals surface area contributed by atoms with E-state index in [0.29, 0.717) is 6.42 Å². The lowest BCUT2D eigenvalue weighted by molar-refractivity contribution is -0.179. The highest BCUT2D eigenvalue weighted by Gasteiger charge is 2.48. The van der Waals surface area contributed by atoms with Crippen LogP contribution in [0.1, 0.15) is 56.4 Å². The van der Waals surface area contributed by atoms with Crippen molar-refractivity contribution in [2.45, 2.75) is 56.5 Å². The molecule has 3 rings (SSSR count). The zero-order valence-corrected chi connectivity index (χ0v) is 13.5. The van der Waals surface area contributed by atoms with Gasteiger partial charge in [-0.25, -0.2) is 0 Å². The smallest absolute Gasteiger partial charge is 0.317 e. The van der Waals surface area contributed by atoms with Crippen molar-refractivity contribution in [2.75, 3.05) is 0 Å². The van der Waals surface area contributed by atoms with Crippen LogP contribution in [0, 0.1) is 5.92 Å². The normalized spacial score (nSPS) is 25.5. The molecular formula is C20H24O3. The molecule has 1 saturated carbocycles. The average molecular weight is 312 g/mol. The number of Topliss-reactive ketones (excluding diaryl/α,β-unsaturated/α-hetero) is 1. The van der Waals surface area contributed by atoms with Crippen LogP contribution in [0.2, 0.25) is 0 Å². The van der Waals surface area contributed by atoms with E-state index in [9.17, 15) is 9.59 Å². The van der Waals surface area contributed by atoms with Crippen molar-refractivity contribution in [1.82, 2.24) is 0 Å². The van der Waals surface area contributed by atoms with Crippen molar-refractivity contribution in [1.29, 1.82) is 0 Å². The third-order valence-electron chi connectivity index (χ3n) is 5.23. The van der Waals surface area contributed by atoms with Crippen molar-refractivity contribution < 1.29 is 14.3 Å². The standard InChI is InChI=1S/C20H24O3/c1-2-16(15-10-6-5-7-11-15)18-17(21)14-20(23-19(18)22)12-8-3-4-9-13-20/h2,5-7,10-11,16,18H,1,3-4,8-9,12-14H2. The molecular weight excluding hydrogens is 288 g/mol. The highest BCUT2D eigenvalue weighted by Crippen LogP contribution is 2.41. The average Bonchev–Trinajstić information content (AvgIpc) is 2.77. The predicted molar refractivity (Wildman–Crippen MR) is 89.0 cm³/mol. The maximum absolute atomic E-state index is 12.8. The van der Waals surface area contributed by atoms with Crippen LogP contribution in [0.15, 0.2) is 43.0 Å². The fourth-order valence-electron chi connectivity index (χ4n) is 4.01. The monoisotopic (exact) mass is 312 g/mol. The largest absolute Gasteiger partial charge is 0.458 e. The van der Waals surface area contributed by atoms with E-state index in [1.807, 2.05) is 30.3 Å². The summed E-state index contributed by atoms with van der Waals surface area (Å²) in [6.45, 7) is 3.84. The number of hydrogen-bond acceptors (Lipinski definition) is 3. The minimum Gasteiger partial charge on any atom is -0.458 e. The van der Waals surface area contributed by atoms with Crippen molar-refractivity contribution in [3.05, 3.63) is 48.6 Å². The Bertz CT molecular complexity index is 562. The van der Waals surface area contributed by atoms with Crippen molar-refractivity contribution in [3.63, 3.8) is 0 Å². The first-order valence-electron chi connectivity index (χ1n) is 8.58. The van der Waals surface area contributed by atoms with Gasteiger partial charge in [0.2, 0.25) is 0 Å². The molecule has 1 heterocycles. The molecule has 23 heavy (non-hydrogen) atoms. The Hall–Kier alpha value is -1.90. The number of allylic oxidation sites excluding steroid dienone is 1. The highest BCUT2D eigenvalue weighted by molar-refractivity contribution is 6.02. The Morgan fingerprint density at radius 2 is 1.74 bits per heavy atom. The first-order valence-corrected chi connectivity index (χ1v) is 8.58. The number of ketones is 1. The Morgan fingerprint density at radius 3 is 2.30 bits per heavy atom. The Labute approximate surface area is 137 Å². The number of carbonyl (C=O) groups is 2. The number of esters is 1. The molecule has 1 saturated heterocycles. The molecule has 1 aromatic carbocycles. The topological polar surface area (TPSA) is 43.4 Å². The Morgan fingerprint density at radius 1 is 1.09 bits per heavy atom. The predicted octanol–water partition coefficient (Wildman–Crippen LogP) is 4.18.